The Morgan fingerprint density at radius 1 is 1.02 bits per heavy atom. The van der Waals surface area contributed by atoms with E-state index in [1.807, 2.05) is 41.3 Å². The third kappa shape index (κ3) is 6.97. The number of aryl methyl sites for hydroxylation is 3. The molecule has 5 heterocycles. The van der Waals surface area contributed by atoms with E-state index < -0.39 is 11.5 Å². The lowest BCUT2D eigenvalue weighted by atomic mass is 9.92. The number of nitrogens with zero attached hydrogens (tertiary/aromatic N) is 7. The zero-order chi connectivity index (χ0) is 36.9. The fraction of sp³-hybridized carbons (Fsp3) is 0.417. The van der Waals surface area contributed by atoms with Gasteiger partial charge in [0, 0.05) is 62.8 Å². The van der Waals surface area contributed by atoms with Crippen LogP contribution in [0.15, 0.2) is 47.4 Å². The average molecular weight is 729 g/mol. The summed E-state index contributed by atoms with van der Waals surface area (Å²) < 4.78 is 4.93. The summed E-state index contributed by atoms with van der Waals surface area (Å²) in [5, 5.41) is 24.6. The Labute approximate surface area is 304 Å². The molecule has 3 amide bonds. The van der Waals surface area contributed by atoms with Crippen molar-refractivity contribution >= 4 is 74.4 Å². The maximum absolute atomic E-state index is 13.4. The van der Waals surface area contributed by atoms with Gasteiger partial charge in [-0.3, -0.25) is 33.5 Å². The molecule has 0 aliphatic carbocycles. The molecule has 0 spiro atoms. The summed E-state index contributed by atoms with van der Waals surface area (Å²) in [5.41, 5.74) is 3.18. The number of imide groups is 1. The summed E-state index contributed by atoms with van der Waals surface area (Å²) in [4.78, 5) is 61.6. The molecule has 2 saturated heterocycles. The van der Waals surface area contributed by atoms with Gasteiger partial charge in [-0.2, -0.15) is 10.1 Å². The number of amides is 3. The van der Waals surface area contributed by atoms with Crippen LogP contribution in [0.25, 0.3) is 21.9 Å². The second-order valence-electron chi connectivity index (χ2n) is 14.2. The van der Waals surface area contributed by atoms with Gasteiger partial charge < -0.3 is 20.6 Å². The molecule has 2 aromatic carbocycles. The highest BCUT2D eigenvalue weighted by atomic mass is 35.5. The first-order valence-electron chi connectivity index (χ1n) is 17.3. The number of nitrogens with one attached hydrogen (secondary N) is 3. The van der Waals surface area contributed by atoms with E-state index in [-0.39, 0.29) is 35.8 Å². The van der Waals surface area contributed by atoms with Crippen molar-refractivity contribution in [3.63, 3.8) is 0 Å². The predicted molar refractivity (Wildman–Crippen MR) is 198 cm³/mol. The van der Waals surface area contributed by atoms with Crippen LogP contribution in [0, 0.1) is 5.92 Å². The minimum atomic E-state index is -0.892. The van der Waals surface area contributed by atoms with Crippen LogP contribution in [-0.2, 0) is 35.0 Å². The maximum Gasteiger partial charge on any atom is 0.328 e. The van der Waals surface area contributed by atoms with Crippen LogP contribution in [0.1, 0.15) is 57.6 Å². The van der Waals surface area contributed by atoms with E-state index in [4.69, 9.17) is 16.6 Å². The van der Waals surface area contributed by atoms with E-state index >= 15 is 0 Å². The Bertz CT molecular complexity index is 2280. The minimum absolute atomic E-state index is 0.0790. The van der Waals surface area contributed by atoms with Gasteiger partial charge in [0.2, 0.25) is 23.7 Å². The van der Waals surface area contributed by atoms with Gasteiger partial charge in [-0.15, -0.1) is 0 Å². The average Bonchev–Trinajstić information content (AvgIpc) is 3.55. The number of aliphatic hydroxyl groups is 1. The number of imidazole rings is 1. The number of anilines is 4. The fourth-order valence-electron chi connectivity index (χ4n) is 6.98. The molecule has 4 N–H and O–H groups in total. The van der Waals surface area contributed by atoms with E-state index in [1.165, 1.54) is 0 Å². The van der Waals surface area contributed by atoms with Gasteiger partial charge in [0.25, 0.3) is 0 Å². The molecule has 272 valence electrons. The Morgan fingerprint density at radius 2 is 1.75 bits per heavy atom. The summed E-state index contributed by atoms with van der Waals surface area (Å²) in [6.45, 7) is 4.98. The lowest BCUT2D eigenvalue weighted by Crippen LogP contribution is -2.39. The van der Waals surface area contributed by atoms with E-state index in [0.717, 1.165) is 21.9 Å². The molecule has 2 fully saturated rings. The van der Waals surface area contributed by atoms with Gasteiger partial charge in [0.05, 0.1) is 40.0 Å². The van der Waals surface area contributed by atoms with Crippen LogP contribution in [0.5, 0.6) is 0 Å². The number of hydrogen-bond donors (Lipinski definition) is 4. The predicted octanol–water partition coefficient (Wildman–Crippen LogP) is 3.95. The van der Waals surface area contributed by atoms with Crippen molar-refractivity contribution in [2.24, 2.45) is 20.0 Å². The Balaban J connectivity index is 0.992. The smallest absolute Gasteiger partial charge is 0.328 e. The molecule has 0 saturated carbocycles. The molecule has 1 unspecified atom stereocenters. The molecular formula is C36H41ClN10O5. The lowest BCUT2D eigenvalue weighted by Gasteiger charge is -2.31. The quantitative estimate of drug-likeness (QED) is 0.162. The molecular weight excluding hydrogens is 688 g/mol. The van der Waals surface area contributed by atoms with Crippen LogP contribution in [0.2, 0.25) is 5.02 Å². The number of carbonyl (C=O) groups excluding carboxylic acids is 3. The van der Waals surface area contributed by atoms with E-state index in [0.29, 0.717) is 79.2 Å². The first-order chi connectivity index (χ1) is 24.8. The second-order valence-corrected chi connectivity index (χ2v) is 14.7. The number of aromatic nitrogens is 6. The number of piperidine rings is 2. The van der Waals surface area contributed by atoms with Crippen LogP contribution < -0.4 is 26.5 Å². The molecule has 0 bridgehead atoms. The molecule has 15 nitrogen and oxygen atoms in total. The van der Waals surface area contributed by atoms with Gasteiger partial charge in [0.15, 0.2) is 5.82 Å². The van der Waals surface area contributed by atoms with Crippen molar-refractivity contribution in [3.05, 3.63) is 63.8 Å². The first-order valence-corrected chi connectivity index (χ1v) is 17.7. The fourth-order valence-corrected chi connectivity index (χ4v) is 7.12. The van der Waals surface area contributed by atoms with Crippen LogP contribution in [0.3, 0.4) is 0 Å². The van der Waals surface area contributed by atoms with E-state index in [9.17, 15) is 24.3 Å². The lowest BCUT2D eigenvalue weighted by molar-refractivity contribution is -0.134. The third-order valence-corrected chi connectivity index (χ3v) is 10.2. The Kier molecular flexibility index (Phi) is 9.25. The summed E-state index contributed by atoms with van der Waals surface area (Å²) in [5.74, 6) is -0.489. The second kappa shape index (κ2) is 13.7. The first kappa shape index (κ1) is 35.1. The highest BCUT2D eigenvalue weighted by Gasteiger charge is 2.32. The summed E-state index contributed by atoms with van der Waals surface area (Å²) in [6, 6.07) is 11.1. The van der Waals surface area contributed by atoms with E-state index in [2.05, 4.69) is 26.0 Å². The Morgan fingerprint density at radius 3 is 2.48 bits per heavy atom. The number of hydrogen-bond acceptors (Lipinski definition) is 10. The molecule has 2 aliphatic heterocycles. The molecule has 7 rings (SSSR count). The molecule has 52 heavy (non-hydrogen) atoms. The number of benzene rings is 2. The van der Waals surface area contributed by atoms with Crippen molar-refractivity contribution in [3.8, 4) is 0 Å². The molecule has 2 aliphatic rings. The van der Waals surface area contributed by atoms with Crippen LogP contribution in [-0.4, -0.2) is 70.4 Å². The SMILES string of the molecule is Cn1nc(C2CCC(=O)NC2=O)c2ccc(NC(=O)C3CCN(c4ncc(Cl)c(Nc5ccc6c(c5)n(C)c(=O)n6CCC(C)(C)O)n4)CC3)cc21. The van der Waals surface area contributed by atoms with Crippen molar-refractivity contribution in [2.75, 3.05) is 28.6 Å². The van der Waals surface area contributed by atoms with Gasteiger partial charge in [-0.1, -0.05) is 11.6 Å². The molecule has 3 aromatic heterocycles. The van der Waals surface area contributed by atoms with Gasteiger partial charge in [0.1, 0.15) is 5.02 Å². The van der Waals surface area contributed by atoms with Gasteiger partial charge >= 0.3 is 5.69 Å². The monoisotopic (exact) mass is 728 g/mol. The largest absolute Gasteiger partial charge is 0.390 e. The molecule has 16 heteroatoms. The van der Waals surface area contributed by atoms with Crippen LogP contribution >= 0.6 is 11.6 Å². The van der Waals surface area contributed by atoms with Crippen molar-refractivity contribution in [1.82, 2.24) is 34.2 Å². The molecule has 0 radical (unpaired) electrons. The summed E-state index contributed by atoms with van der Waals surface area (Å²) in [6.07, 6.45) is 3.87. The maximum atomic E-state index is 13.4. The Hall–Kier alpha value is -5.28. The number of halogens is 1. The standard InChI is InChI=1S/C36H41ClN10O5/c1-36(2,52)13-16-47-26-9-6-21(18-28(26)44(3)35(47)51)39-31-25(37)19-38-34(42-31)46-14-11-20(12-15-46)32(49)40-22-5-7-23-27(17-22)45(4)43-30(23)24-8-10-29(48)41-33(24)50/h5-7,9,17-20,24,52H,8,10-16H2,1-4H3,(H,40,49)(H,38,39,42)(H,41,48,50). The minimum Gasteiger partial charge on any atom is -0.390 e. The van der Waals surface area contributed by atoms with Gasteiger partial charge in [-0.25, -0.2) is 9.78 Å². The topological polar surface area (TPSA) is 181 Å². The molecule has 1 atom stereocenters. The van der Waals surface area contributed by atoms with Crippen LogP contribution in [0.4, 0.5) is 23.1 Å². The number of carbonyl (C=O) groups is 3. The highest BCUT2D eigenvalue weighted by molar-refractivity contribution is 6.33. The van der Waals surface area contributed by atoms with Gasteiger partial charge in [-0.05, 0) is 75.9 Å². The normalized spacial score (nSPS) is 17.2. The summed E-state index contributed by atoms with van der Waals surface area (Å²) >= 11 is 6.51. The summed E-state index contributed by atoms with van der Waals surface area (Å²) in [7, 11) is 3.51. The van der Waals surface area contributed by atoms with Crippen molar-refractivity contribution < 1.29 is 19.5 Å². The zero-order valence-electron chi connectivity index (χ0n) is 29.4. The number of fused-ring (bicyclic) bond motifs is 2. The van der Waals surface area contributed by atoms with Crippen molar-refractivity contribution in [2.45, 2.75) is 64.0 Å². The number of rotatable bonds is 9. The zero-order valence-corrected chi connectivity index (χ0v) is 30.2. The van der Waals surface area contributed by atoms with Crippen molar-refractivity contribution in [1.29, 1.82) is 0 Å². The molecule has 5 aromatic rings. The highest BCUT2D eigenvalue weighted by Crippen LogP contribution is 2.33. The third-order valence-electron chi connectivity index (χ3n) is 9.95. The van der Waals surface area contributed by atoms with E-state index in [1.54, 1.807) is 48.0 Å².